The molecule has 1 heterocycles. The minimum atomic E-state index is -4.44. The molecule has 1 rings (SSSR count). The molecule has 11 heteroatoms. The van der Waals surface area contributed by atoms with Crippen molar-refractivity contribution >= 4 is 47.2 Å². The van der Waals surface area contributed by atoms with Crippen molar-refractivity contribution in [2.24, 2.45) is 4.99 Å². The molecule has 0 aromatic carbocycles. The third kappa shape index (κ3) is 6.77. The van der Waals surface area contributed by atoms with Gasteiger partial charge in [-0.1, -0.05) is 0 Å². The van der Waals surface area contributed by atoms with Crippen LogP contribution in [-0.4, -0.2) is 49.4 Å². The van der Waals surface area contributed by atoms with Crippen LogP contribution in [0.3, 0.4) is 0 Å². The number of nitrogens with one attached hydrogen (secondary N) is 2. The Bertz CT molecular complexity index is 518. The van der Waals surface area contributed by atoms with Crippen LogP contribution < -0.4 is 10.6 Å². The maximum Gasteiger partial charge on any atom is 0.434 e. The van der Waals surface area contributed by atoms with E-state index in [1.165, 1.54) is 11.9 Å². The number of hydrogen-bond donors (Lipinski definition) is 2. The predicted octanol–water partition coefficient (Wildman–Crippen LogP) is 1.53. The van der Waals surface area contributed by atoms with E-state index in [0.717, 1.165) is 16.7 Å². The van der Waals surface area contributed by atoms with Gasteiger partial charge in [-0.05, 0) is 0 Å². The maximum absolute atomic E-state index is 12.4. The molecule has 2 N–H and O–H groups in total. The van der Waals surface area contributed by atoms with Gasteiger partial charge in [-0.2, -0.15) is 13.2 Å². The van der Waals surface area contributed by atoms with E-state index in [9.17, 15) is 18.0 Å². The number of thiazole rings is 1. The molecule has 0 saturated carbocycles. The molecular formula is C11H17F3IN5OS. The van der Waals surface area contributed by atoms with Crippen LogP contribution in [0.5, 0.6) is 0 Å². The Morgan fingerprint density at radius 1 is 1.41 bits per heavy atom. The van der Waals surface area contributed by atoms with Crippen molar-refractivity contribution in [2.75, 3.05) is 27.7 Å². The second kappa shape index (κ2) is 9.12. The molecule has 22 heavy (non-hydrogen) atoms. The van der Waals surface area contributed by atoms with E-state index in [1.807, 2.05) is 0 Å². The van der Waals surface area contributed by atoms with E-state index in [4.69, 9.17) is 0 Å². The molecule has 126 valence electrons. The number of halogens is 4. The van der Waals surface area contributed by atoms with Gasteiger partial charge in [0.15, 0.2) is 11.7 Å². The first-order valence-electron chi connectivity index (χ1n) is 5.90. The van der Waals surface area contributed by atoms with Crippen molar-refractivity contribution in [3.8, 4) is 0 Å². The summed E-state index contributed by atoms with van der Waals surface area (Å²) in [7, 11) is 4.74. The molecule has 0 aliphatic rings. The summed E-state index contributed by atoms with van der Waals surface area (Å²) in [5.74, 6) is 0.167. The van der Waals surface area contributed by atoms with Gasteiger partial charge in [-0.25, -0.2) is 4.98 Å². The molecule has 0 unspecified atom stereocenters. The zero-order chi connectivity index (χ0) is 16.0. The van der Waals surface area contributed by atoms with E-state index in [-0.39, 0.29) is 48.0 Å². The van der Waals surface area contributed by atoms with Crippen molar-refractivity contribution in [3.05, 3.63) is 16.1 Å². The fourth-order valence-electron chi connectivity index (χ4n) is 1.22. The highest BCUT2D eigenvalue weighted by atomic mass is 127. The number of rotatable bonds is 4. The lowest BCUT2D eigenvalue weighted by atomic mass is 10.5. The first-order chi connectivity index (χ1) is 9.74. The monoisotopic (exact) mass is 451 g/mol. The van der Waals surface area contributed by atoms with Crippen molar-refractivity contribution in [2.45, 2.75) is 12.7 Å². The average Bonchev–Trinajstić information content (AvgIpc) is 2.87. The largest absolute Gasteiger partial charge is 0.434 e. The van der Waals surface area contributed by atoms with E-state index < -0.39 is 11.9 Å². The van der Waals surface area contributed by atoms with Gasteiger partial charge in [0, 0.05) is 26.5 Å². The van der Waals surface area contributed by atoms with Crippen LogP contribution in [0.15, 0.2) is 10.4 Å². The zero-order valence-electron chi connectivity index (χ0n) is 12.2. The number of carbonyl (C=O) groups excluding carboxylic acids is 1. The second-order valence-corrected chi connectivity index (χ2v) is 5.13. The zero-order valence-corrected chi connectivity index (χ0v) is 15.3. The Morgan fingerprint density at radius 2 is 2.05 bits per heavy atom. The summed E-state index contributed by atoms with van der Waals surface area (Å²) in [5.41, 5.74) is -0.907. The van der Waals surface area contributed by atoms with Crippen LogP contribution in [0.2, 0.25) is 0 Å². The van der Waals surface area contributed by atoms with E-state index in [2.05, 4.69) is 20.6 Å². The molecule has 0 atom stereocenters. The molecular weight excluding hydrogens is 434 g/mol. The molecule has 0 saturated heterocycles. The summed E-state index contributed by atoms with van der Waals surface area (Å²) < 4.78 is 37.2. The van der Waals surface area contributed by atoms with Gasteiger partial charge < -0.3 is 15.5 Å². The van der Waals surface area contributed by atoms with Crippen molar-refractivity contribution in [1.29, 1.82) is 0 Å². The highest BCUT2D eigenvalue weighted by Crippen LogP contribution is 2.29. The molecule has 0 aliphatic carbocycles. The third-order valence-electron chi connectivity index (χ3n) is 2.38. The summed E-state index contributed by atoms with van der Waals surface area (Å²) >= 11 is 0.907. The summed E-state index contributed by atoms with van der Waals surface area (Å²) in [6, 6.07) is 0. The lowest BCUT2D eigenvalue weighted by molar-refractivity contribution is -0.140. The Kier molecular flexibility index (Phi) is 8.66. The third-order valence-corrected chi connectivity index (χ3v) is 3.23. The topological polar surface area (TPSA) is 69.6 Å². The molecule has 0 bridgehead atoms. The van der Waals surface area contributed by atoms with Gasteiger partial charge >= 0.3 is 6.18 Å². The van der Waals surface area contributed by atoms with Gasteiger partial charge in [0.05, 0.1) is 13.1 Å². The van der Waals surface area contributed by atoms with Crippen LogP contribution in [0.25, 0.3) is 0 Å². The summed E-state index contributed by atoms with van der Waals surface area (Å²) in [5, 5.41) is 6.80. The SMILES string of the molecule is CN=C(NCC(=O)N(C)C)NCc1nc(C(F)(F)F)cs1.I. The number of hydrogen-bond acceptors (Lipinski definition) is 4. The van der Waals surface area contributed by atoms with Crippen LogP contribution >= 0.6 is 35.3 Å². The summed E-state index contributed by atoms with van der Waals surface area (Å²) in [6.07, 6.45) is -4.44. The molecule has 1 aromatic heterocycles. The highest BCUT2D eigenvalue weighted by Gasteiger charge is 2.33. The van der Waals surface area contributed by atoms with E-state index in [1.54, 1.807) is 14.1 Å². The number of amides is 1. The number of nitrogens with zero attached hydrogens (tertiary/aromatic N) is 3. The molecule has 6 nitrogen and oxygen atoms in total. The Hall–Kier alpha value is -1.11. The van der Waals surface area contributed by atoms with Crippen molar-refractivity contribution in [3.63, 3.8) is 0 Å². The van der Waals surface area contributed by atoms with Gasteiger partial charge in [0.1, 0.15) is 5.01 Å². The number of carbonyl (C=O) groups is 1. The fourth-order valence-corrected chi connectivity index (χ4v) is 1.96. The standard InChI is InChI=1S/C11H16F3N5OS.HI/c1-15-10(17-5-9(20)19(2)3)16-4-8-18-7(6-21-8)11(12,13)14;/h6H,4-5H2,1-3H3,(H2,15,16,17);1H. The van der Waals surface area contributed by atoms with Crippen molar-refractivity contribution < 1.29 is 18.0 Å². The molecule has 0 aliphatic heterocycles. The fraction of sp³-hybridized carbons (Fsp3) is 0.545. The predicted molar refractivity (Wildman–Crippen MR) is 89.4 cm³/mol. The van der Waals surface area contributed by atoms with Crippen LogP contribution in [0.4, 0.5) is 13.2 Å². The average molecular weight is 451 g/mol. The Morgan fingerprint density at radius 3 is 2.50 bits per heavy atom. The number of alkyl halides is 3. The van der Waals surface area contributed by atoms with E-state index >= 15 is 0 Å². The van der Waals surface area contributed by atoms with Crippen LogP contribution in [0.1, 0.15) is 10.7 Å². The summed E-state index contributed by atoms with van der Waals surface area (Å²) in [6.45, 7) is 0.134. The first kappa shape index (κ1) is 20.9. The van der Waals surface area contributed by atoms with Crippen LogP contribution in [-0.2, 0) is 17.5 Å². The molecule has 0 radical (unpaired) electrons. The van der Waals surface area contributed by atoms with E-state index in [0.29, 0.717) is 5.96 Å². The van der Waals surface area contributed by atoms with Gasteiger partial charge in [-0.3, -0.25) is 9.79 Å². The molecule has 0 fully saturated rings. The second-order valence-electron chi connectivity index (χ2n) is 4.19. The van der Waals surface area contributed by atoms with Gasteiger partial charge in [0.2, 0.25) is 5.91 Å². The van der Waals surface area contributed by atoms with Crippen molar-refractivity contribution in [1.82, 2.24) is 20.5 Å². The highest BCUT2D eigenvalue weighted by molar-refractivity contribution is 14.0. The number of aliphatic imine (C=N–C) groups is 1. The van der Waals surface area contributed by atoms with Gasteiger partial charge in [-0.15, -0.1) is 35.3 Å². The number of aromatic nitrogens is 1. The van der Waals surface area contributed by atoms with Crippen LogP contribution in [0, 0.1) is 0 Å². The normalized spacial score (nSPS) is 11.6. The first-order valence-corrected chi connectivity index (χ1v) is 6.78. The number of guanidine groups is 1. The molecule has 1 amide bonds. The lowest BCUT2D eigenvalue weighted by Crippen LogP contribution is -2.42. The van der Waals surface area contributed by atoms with Gasteiger partial charge in [0.25, 0.3) is 0 Å². The summed E-state index contributed by atoms with van der Waals surface area (Å²) in [4.78, 5) is 20.2. The Balaban J connectivity index is 0.00000441. The quantitative estimate of drug-likeness (QED) is 0.414. The maximum atomic E-state index is 12.4. The minimum Gasteiger partial charge on any atom is -0.350 e. The minimum absolute atomic E-state index is 0. The molecule has 0 spiro atoms. The lowest BCUT2D eigenvalue weighted by Gasteiger charge is -2.13. The number of likely N-dealkylation sites (N-methyl/N-ethyl adjacent to an activating group) is 1. The Labute approximate surface area is 147 Å². The molecule has 1 aromatic rings. The smallest absolute Gasteiger partial charge is 0.350 e.